The number of halogens is 2. The summed E-state index contributed by atoms with van der Waals surface area (Å²) in [5.41, 5.74) is 0. The Morgan fingerprint density at radius 3 is 2.26 bits per heavy atom. The first-order valence-corrected chi connectivity index (χ1v) is 13.4. The summed E-state index contributed by atoms with van der Waals surface area (Å²) in [5, 5.41) is 0.967. The van der Waals surface area contributed by atoms with Gasteiger partial charge < -0.3 is 19.1 Å². The molecular formula is C24H32Cl2N2O5S. The van der Waals surface area contributed by atoms with Crippen molar-refractivity contribution in [3.8, 4) is 17.2 Å². The molecule has 1 aliphatic rings. The molecular weight excluding hydrogens is 499 g/mol. The van der Waals surface area contributed by atoms with E-state index in [1.807, 2.05) is 19.9 Å². The first-order valence-electron chi connectivity index (χ1n) is 11.2. The zero-order chi connectivity index (χ0) is 24.9. The van der Waals surface area contributed by atoms with E-state index in [1.165, 1.54) is 20.3 Å². The predicted molar refractivity (Wildman–Crippen MR) is 135 cm³/mol. The van der Waals surface area contributed by atoms with Gasteiger partial charge in [0.25, 0.3) is 0 Å². The molecule has 0 saturated carbocycles. The van der Waals surface area contributed by atoms with E-state index in [2.05, 4.69) is 9.62 Å². The minimum Gasteiger partial charge on any atom is -0.497 e. The second-order valence-corrected chi connectivity index (χ2v) is 11.2. The van der Waals surface area contributed by atoms with E-state index in [4.69, 9.17) is 37.4 Å². The summed E-state index contributed by atoms with van der Waals surface area (Å²) in [4.78, 5) is 2.33. The lowest BCUT2D eigenvalue weighted by Gasteiger charge is -2.35. The predicted octanol–water partition coefficient (Wildman–Crippen LogP) is 4.86. The Kier molecular flexibility index (Phi) is 9.34. The van der Waals surface area contributed by atoms with Crippen LogP contribution < -0.4 is 18.9 Å². The summed E-state index contributed by atoms with van der Waals surface area (Å²) < 4.78 is 45.9. The Morgan fingerprint density at radius 2 is 1.68 bits per heavy atom. The van der Waals surface area contributed by atoms with Gasteiger partial charge in [-0.2, -0.15) is 0 Å². The van der Waals surface area contributed by atoms with Crippen LogP contribution in [0.1, 0.15) is 26.7 Å². The fourth-order valence-electron chi connectivity index (χ4n) is 3.87. The molecule has 0 aliphatic carbocycles. The number of hydrogen-bond acceptors (Lipinski definition) is 6. The Hall–Kier alpha value is -1.71. The molecule has 0 amide bonds. The molecule has 0 radical (unpaired) electrons. The molecule has 3 rings (SSSR count). The monoisotopic (exact) mass is 530 g/mol. The quantitative estimate of drug-likeness (QED) is 0.472. The molecule has 0 aromatic heterocycles. The van der Waals surface area contributed by atoms with Crippen LogP contribution in [0.5, 0.6) is 17.2 Å². The summed E-state index contributed by atoms with van der Waals surface area (Å²) in [7, 11) is -0.873. The molecule has 1 N–H and O–H groups in total. The zero-order valence-corrected chi connectivity index (χ0v) is 22.2. The number of nitrogens with one attached hydrogen (secondary N) is 1. The third-order valence-electron chi connectivity index (χ3n) is 5.95. The number of methoxy groups -OCH3 is 2. The van der Waals surface area contributed by atoms with Crippen LogP contribution in [-0.2, 0) is 10.0 Å². The van der Waals surface area contributed by atoms with Gasteiger partial charge in [0.1, 0.15) is 28.2 Å². The van der Waals surface area contributed by atoms with Gasteiger partial charge >= 0.3 is 0 Å². The number of nitrogens with zero attached hydrogens (tertiary/aromatic N) is 1. The second-order valence-electron chi connectivity index (χ2n) is 8.68. The van der Waals surface area contributed by atoms with Crippen LogP contribution in [-0.4, -0.2) is 59.3 Å². The van der Waals surface area contributed by atoms with Gasteiger partial charge in [-0.05, 0) is 43.0 Å². The number of piperidine rings is 1. The minimum absolute atomic E-state index is 0.0636. The summed E-state index contributed by atoms with van der Waals surface area (Å²) in [6, 6.07) is 9.74. The van der Waals surface area contributed by atoms with E-state index in [1.54, 1.807) is 24.3 Å². The van der Waals surface area contributed by atoms with Crippen LogP contribution in [0, 0.1) is 5.92 Å². The molecule has 2 aromatic carbocycles. The Balaban J connectivity index is 1.62. The third kappa shape index (κ3) is 6.92. The van der Waals surface area contributed by atoms with Crippen molar-refractivity contribution in [2.45, 2.75) is 43.7 Å². The van der Waals surface area contributed by atoms with Crippen LogP contribution in [0.3, 0.4) is 0 Å². The fraction of sp³-hybridized carbons (Fsp3) is 0.500. The molecule has 188 valence electrons. The molecule has 1 saturated heterocycles. The van der Waals surface area contributed by atoms with Gasteiger partial charge in [0, 0.05) is 37.8 Å². The topological polar surface area (TPSA) is 77.1 Å². The lowest BCUT2D eigenvalue weighted by atomic mass is 10.0. The highest BCUT2D eigenvalue weighted by molar-refractivity contribution is 7.89. The smallest absolute Gasteiger partial charge is 0.244 e. The van der Waals surface area contributed by atoms with Crippen molar-refractivity contribution < 1.29 is 22.6 Å². The average Bonchev–Trinajstić information content (AvgIpc) is 2.81. The van der Waals surface area contributed by atoms with Crippen LogP contribution in [0.15, 0.2) is 41.3 Å². The van der Waals surface area contributed by atoms with Crippen molar-refractivity contribution >= 4 is 33.2 Å². The van der Waals surface area contributed by atoms with Crippen molar-refractivity contribution in [1.29, 1.82) is 0 Å². The molecule has 0 bridgehead atoms. The van der Waals surface area contributed by atoms with E-state index in [-0.39, 0.29) is 28.7 Å². The number of hydrogen-bond donors (Lipinski definition) is 1. The highest BCUT2D eigenvalue weighted by Gasteiger charge is 2.29. The maximum Gasteiger partial charge on any atom is 0.244 e. The van der Waals surface area contributed by atoms with E-state index in [0.717, 1.165) is 25.9 Å². The van der Waals surface area contributed by atoms with Crippen molar-refractivity contribution in [3.63, 3.8) is 0 Å². The van der Waals surface area contributed by atoms with Crippen molar-refractivity contribution in [2.24, 2.45) is 5.92 Å². The van der Waals surface area contributed by atoms with Gasteiger partial charge in [0.15, 0.2) is 0 Å². The summed E-state index contributed by atoms with van der Waals surface area (Å²) in [6.45, 7) is 6.23. The third-order valence-corrected chi connectivity index (χ3v) is 8.21. The zero-order valence-electron chi connectivity index (χ0n) is 19.9. The number of sulfonamides is 1. The minimum atomic E-state index is -3.82. The summed E-state index contributed by atoms with van der Waals surface area (Å²) in [6.07, 6.45) is 1.74. The Labute approximate surface area is 212 Å². The largest absolute Gasteiger partial charge is 0.497 e. The van der Waals surface area contributed by atoms with E-state index in [9.17, 15) is 8.42 Å². The molecule has 0 unspecified atom stereocenters. The van der Waals surface area contributed by atoms with E-state index < -0.39 is 10.0 Å². The van der Waals surface area contributed by atoms with Crippen LogP contribution >= 0.6 is 23.2 Å². The highest BCUT2D eigenvalue weighted by Crippen LogP contribution is 2.30. The maximum absolute atomic E-state index is 13.2. The van der Waals surface area contributed by atoms with Crippen LogP contribution in [0.2, 0.25) is 10.0 Å². The van der Waals surface area contributed by atoms with Gasteiger partial charge in [0.2, 0.25) is 10.0 Å². The molecule has 7 nitrogen and oxygen atoms in total. The maximum atomic E-state index is 13.2. The number of likely N-dealkylation sites (tertiary alicyclic amines) is 1. The van der Waals surface area contributed by atoms with Crippen molar-refractivity contribution in [1.82, 2.24) is 9.62 Å². The summed E-state index contributed by atoms with van der Waals surface area (Å²) >= 11 is 12.1. The second kappa shape index (κ2) is 11.8. The van der Waals surface area contributed by atoms with E-state index >= 15 is 0 Å². The Bertz CT molecular complexity index is 1070. The summed E-state index contributed by atoms with van der Waals surface area (Å²) in [5.74, 6) is 1.52. The van der Waals surface area contributed by atoms with Crippen LogP contribution in [0.4, 0.5) is 0 Å². The van der Waals surface area contributed by atoms with Gasteiger partial charge in [-0.25, -0.2) is 13.1 Å². The first-order chi connectivity index (χ1) is 16.1. The number of ether oxygens (including phenoxy) is 3. The molecule has 34 heavy (non-hydrogen) atoms. The highest BCUT2D eigenvalue weighted by atomic mass is 35.5. The first kappa shape index (κ1) is 26.9. The molecule has 10 heteroatoms. The normalized spacial score (nSPS) is 16.4. The van der Waals surface area contributed by atoms with Gasteiger partial charge in [-0.3, -0.25) is 0 Å². The van der Waals surface area contributed by atoms with Gasteiger partial charge in [-0.1, -0.05) is 37.0 Å². The molecule has 1 heterocycles. The lowest BCUT2D eigenvalue weighted by Crippen LogP contribution is -2.49. The fourth-order valence-corrected chi connectivity index (χ4v) is 5.72. The van der Waals surface area contributed by atoms with Crippen LogP contribution in [0.25, 0.3) is 0 Å². The molecule has 1 fully saturated rings. The molecule has 1 atom stereocenters. The molecule has 0 spiro atoms. The molecule has 1 aliphatic heterocycles. The van der Waals surface area contributed by atoms with Crippen molar-refractivity contribution in [2.75, 3.05) is 33.9 Å². The van der Waals surface area contributed by atoms with Crippen molar-refractivity contribution in [3.05, 3.63) is 46.4 Å². The Morgan fingerprint density at radius 1 is 1.00 bits per heavy atom. The number of rotatable bonds is 10. The van der Waals surface area contributed by atoms with Gasteiger partial charge in [-0.15, -0.1) is 0 Å². The number of benzene rings is 2. The molecule has 2 aromatic rings. The van der Waals surface area contributed by atoms with E-state index in [0.29, 0.717) is 28.1 Å². The van der Waals surface area contributed by atoms with Gasteiger partial charge in [0.05, 0.1) is 24.3 Å². The lowest BCUT2D eigenvalue weighted by molar-refractivity contribution is 0.0929. The standard InChI is InChI=1S/C24H32Cl2N2O5S/c1-16(2)22(27-34(29,30)24-14-18(31-3)6-8-23(24)32-4)15-28-11-9-17(10-12-28)33-19-5-7-20(25)21(26)13-19/h5-8,13-14,16-17,22,27H,9-12,15H2,1-4H3/t22-/m1/s1. The average molecular weight is 532 g/mol. The SMILES string of the molecule is COc1ccc(OC)c(S(=O)(=O)N[C@H](CN2CCC(Oc3ccc(Cl)c(Cl)c3)CC2)C(C)C)c1.